The fourth-order valence-corrected chi connectivity index (χ4v) is 1.47. The highest BCUT2D eigenvalue weighted by Crippen LogP contribution is 2.22. The van der Waals surface area contributed by atoms with Gasteiger partial charge in [-0.3, -0.25) is 4.79 Å². The van der Waals surface area contributed by atoms with E-state index in [-0.39, 0.29) is 10.6 Å². The second kappa shape index (κ2) is 2.85. The fraction of sp³-hybridized carbons (Fsp3) is 0. The van der Waals surface area contributed by atoms with Crippen LogP contribution < -0.4 is 5.56 Å². The van der Waals surface area contributed by atoms with E-state index in [2.05, 4.69) is 4.98 Å². The number of hydrogen-bond acceptors (Lipinski definition) is 1. The number of H-pyrrole nitrogens is 1. The van der Waals surface area contributed by atoms with Crippen molar-refractivity contribution in [2.45, 2.75) is 0 Å². The van der Waals surface area contributed by atoms with Crippen molar-refractivity contribution >= 4 is 22.4 Å². The molecule has 0 saturated carbocycles. The predicted molar refractivity (Wildman–Crippen MR) is 49.5 cm³/mol. The van der Waals surface area contributed by atoms with E-state index < -0.39 is 5.82 Å². The van der Waals surface area contributed by atoms with Crippen molar-refractivity contribution in [2.24, 2.45) is 0 Å². The van der Waals surface area contributed by atoms with Gasteiger partial charge in [-0.05, 0) is 12.1 Å². The standard InChI is InChI=1S/C9H5ClFNO/c10-8-2-6(11)1-5-4-12-9(13)3-7(5)8/h1-4H,(H,12,13). The summed E-state index contributed by atoms with van der Waals surface area (Å²) in [6, 6.07) is 3.84. The highest BCUT2D eigenvalue weighted by Gasteiger charge is 2.02. The van der Waals surface area contributed by atoms with Crippen LogP contribution in [0.1, 0.15) is 0 Å². The molecule has 1 heterocycles. The van der Waals surface area contributed by atoms with Crippen LogP contribution in [0.2, 0.25) is 5.02 Å². The molecule has 0 aliphatic carbocycles. The number of fused-ring (bicyclic) bond motifs is 1. The Morgan fingerprint density at radius 1 is 1.31 bits per heavy atom. The molecule has 2 nitrogen and oxygen atoms in total. The van der Waals surface area contributed by atoms with E-state index in [4.69, 9.17) is 11.6 Å². The van der Waals surface area contributed by atoms with Gasteiger partial charge < -0.3 is 4.98 Å². The quantitative estimate of drug-likeness (QED) is 0.691. The van der Waals surface area contributed by atoms with E-state index in [0.717, 1.165) is 0 Å². The first-order valence-electron chi connectivity index (χ1n) is 3.64. The second-order valence-corrected chi connectivity index (χ2v) is 3.09. The first-order chi connectivity index (χ1) is 6.16. The lowest BCUT2D eigenvalue weighted by molar-refractivity contribution is 0.630. The Balaban J connectivity index is 2.95. The van der Waals surface area contributed by atoms with E-state index in [9.17, 15) is 9.18 Å². The van der Waals surface area contributed by atoms with Gasteiger partial charge in [0.15, 0.2) is 0 Å². The average Bonchev–Trinajstić information content (AvgIpc) is 2.06. The molecule has 0 radical (unpaired) electrons. The van der Waals surface area contributed by atoms with Crippen molar-refractivity contribution in [2.75, 3.05) is 0 Å². The molecule has 0 bridgehead atoms. The smallest absolute Gasteiger partial charge is 0.248 e. The number of benzene rings is 1. The van der Waals surface area contributed by atoms with Gasteiger partial charge in [-0.2, -0.15) is 0 Å². The van der Waals surface area contributed by atoms with Gasteiger partial charge in [-0.1, -0.05) is 11.6 Å². The second-order valence-electron chi connectivity index (χ2n) is 2.69. The van der Waals surface area contributed by atoms with Crippen molar-refractivity contribution in [3.63, 3.8) is 0 Å². The van der Waals surface area contributed by atoms with Crippen LogP contribution in [0, 0.1) is 5.82 Å². The highest BCUT2D eigenvalue weighted by molar-refractivity contribution is 6.35. The van der Waals surface area contributed by atoms with Gasteiger partial charge in [0.05, 0.1) is 5.02 Å². The van der Waals surface area contributed by atoms with Crippen molar-refractivity contribution in [3.05, 3.63) is 45.6 Å². The molecule has 66 valence electrons. The molecule has 0 aliphatic heterocycles. The Morgan fingerprint density at radius 2 is 2.08 bits per heavy atom. The number of rotatable bonds is 0. The minimum Gasteiger partial charge on any atom is -0.328 e. The first kappa shape index (κ1) is 8.26. The third-order valence-electron chi connectivity index (χ3n) is 1.77. The van der Waals surface area contributed by atoms with E-state index in [1.54, 1.807) is 0 Å². The Hall–Kier alpha value is -1.35. The number of halogens is 2. The van der Waals surface area contributed by atoms with Crippen molar-refractivity contribution < 1.29 is 4.39 Å². The molecule has 0 unspecified atom stereocenters. The largest absolute Gasteiger partial charge is 0.328 e. The van der Waals surface area contributed by atoms with Crippen LogP contribution in [0.3, 0.4) is 0 Å². The van der Waals surface area contributed by atoms with Gasteiger partial charge >= 0.3 is 0 Å². The fourth-order valence-electron chi connectivity index (χ4n) is 1.20. The molecule has 0 spiro atoms. The molecule has 0 fully saturated rings. The minimum absolute atomic E-state index is 0.249. The number of nitrogens with one attached hydrogen (secondary N) is 1. The summed E-state index contributed by atoms with van der Waals surface area (Å²) in [6.07, 6.45) is 1.44. The van der Waals surface area contributed by atoms with E-state index in [1.165, 1.54) is 24.4 Å². The lowest BCUT2D eigenvalue weighted by Crippen LogP contribution is -2.01. The maximum atomic E-state index is 12.8. The third-order valence-corrected chi connectivity index (χ3v) is 2.08. The monoisotopic (exact) mass is 197 g/mol. The summed E-state index contributed by atoms with van der Waals surface area (Å²) in [5, 5.41) is 1.40. The van der Waals surface area contributed by atoms with Crippen molar-refractivity contribution in [3.8, 4) is 0 Å². The molecule has 0 saturated heterocycles. The molecule has 1 N–H and O–H groups in total. The number of aromatic amines is 1. The Kier molecular flexibility index (Phi) is 1.81. The zero-order chi connectivity index (χ0) is 9.42. The van der Waals surface area contributed by atoms with Crippen LogP contribution in [-0.2, 0) is 0 Å². The van der Waals surface area contributed by atoms with E-state index >= 15 is 0 Å². The van der Waals surface area contributed by atoms with E-state index in [1.807, 2.05) is 0 Å². The summed E-state index contributed by atoms with van der Waals surface area (Å²) in [6.45, 7) is 0. The van der Waals surface area contributed by atoms with Crippen molar-refractivity contribution in [1.82, 2.24) is 4.98 Å². The summed E-state index contributed by atoms with van der Waals surface area (Å²) >= 11 is 5.74. The summed E-state index contributed by atoms with van der Waals surface area (Å²) < 4.78 is 12.8. The molecule has 2 aromatic rings. The third kappa shape index (κ3) is 1.42. The Bertz CT molecular complexity index is 520. The lowest BCUT2D eigenvalue weighted by Gasteiger charge is -1.98. The van der Waals surface area contributed by atoms with Crippen LogP contribution in [0.25, 0.3) is 10.8 Å². The average molecular weight is 198 g/mol. The normalized spacial score (nSPS) is 10.6. The Morgan fingerprint density at radius 3 is 2.85 bits per heavy atom. The maximum Gasteiger partial charge on any atom is 0.248 e. The highest BCUT2D eigenvalue weighted by atomic mass is 35.5. The molecule has 1 aromatic carbocycles. The number of hydrogen-bond donors (Lipinski definition) is 1. The van der Waals surface area contributed by atoms with Gasteiger partial charge in [0, 0.05) is 23.0 Å². The first-order valence-corrected chi connectivity index (χ1v) is 4.02. The lowest BCUT2D eigenvalue weighted by atomic mass is 10.2. The SMILES string of the molecule is O=c1cc2c(Cl)cc(F)cc2c[nH]1. The van der Waals surface area contributed by atoms with Gasteiger partial charge in [0.1, 0.15) is 5.82 Å². The summed E-state index contributed by atoms with van der Waals surface area (Å²) in [5.41, 5.74) is -0.249. The minimum atomic E-state index is -0.412. The maximum absolute atomic E-state index is 12.8. The van der Waals surface area contributed by atoms with Gasteiger partial charge in [0.25, 0.3) is 0 Å². The molecule has 2 rings (SSSR count). The zero-order valence-corrected chi connectivity index (χ0v) is 7.23. The number of aromatic nitrogens is 1. The summed E-state index contributed by atoms with van der Waals surface area (Å²) in [4.78, 5) is 13.4. The van der Waals surface area contributed by atoms with Crippen molar-refractivity contribution in [1.29, 1.82) is 0 Å². The van der Waals surface area contributed by atoms with Crippen LogP contribution >= 0.6 is 11.6 Å². The summed E-state index contributed by atoms with van der Waals surface area (Å²) in [7, 11) is 0. The molecule has 1 aromatic heterocycles. The van der Waals surface area contributed by atoms with E-state index in [0.29, 0.717) is 10.8 Å². The molecule has 0 atom stereocenters. The molecule has 0 amide bonds. The molecular formula is C9H5ClFNO. The van der Waals surface area contributed by atoms with Crippen LogP contribution in [0.5, 0.6) is 0 Å². The van der Waals surface area contributed by atoms with Crippen LogP contribution in [0.4, 0.5) is 4.39 Å². The summed E-state index contributed by atoms with van der Waals surface area (Å²) in [5.74, 6) is -0.412. The molecule has 13 heavy (non-hydrogen) atoms. The van der Waals surface area contributed by atoms with Gasteiger partial charge in [-0.15, -0.1) is 0 Å². The molecular weight excluding hydrogens is 193 g/mol. The van der Waals surface area contributed by atoms with Gasteiger partial charge in [0.2, 0.25) is 5.56 Å². The Labute approximate surface area is 78.0 Å². The number of pyridine rings is 1. The van der Waals surface area contributed by atoms with Crippen LogP contribution in [-0.4, -0.2) is 4.98 Å². The zero-order valence-electron chi connectivity index (χ0n) is 6.47. The molecule has 0 aliphatic rings. The van der Waals surface area contributed by atoms with Crippen LogP contribution in [0.15, 0.2) is 29.2 Å². The van der Waals surface area contributed by atoms with Gasteiger partial charge in [-0.25, -0.2) is 4.39 Å². The predicted octanol–water partition coefficient (Wildman–Crippen LogP) is 2.32. The topological polar surface area (TPSA) is 32.9 Å². The molecule has 4 heteroatoms.